The predicted octanol–water partition coefficient (Wildman–Crippen LogP) is 6.91. The van der Waals surface area contributed by atoms with Crippen LogP contribution in [0.4, 0.5) is 14.5 Å². The molecule has 0 radical (unpaired) electrons. The third-order valence-corrected chi connectivity index (χ3v) is 8.80. The van der Waals surface area contributed by atoms with Crippen molar-refractivity contribution >= 4 is 34.8 Å². The first-order valence-corrected chi connectivity index (χ1v) is 13.8. The van der Waals surface area contributed by atoms with Gasteiger partial charge in [-0.1, -0.05) is 41.4 Å². The van der Waals surface area contributed by atoms with Crippen molar-refractivity contribution in [3.8, 4) is 0 Å². The second kappa shape index (κ2) is 11.6. The molecular weight excluding hydrogens is 527 g/mol. The third kappa shape index (κ3) is 5.98. The lowest BCUT2D eigenvalue weighted by molar-refractivity contribution is -0.123. The van der Waals surface area contributed by atoms with Crippen LogP contribution < -0.4 is 10.6 Å². The number of carbonyl (C=O) groups excluding carboxylic acids is 1. The maximum Gasteiger partial charge on any atom is 0.227 e. The summed E-state index contributed by atoms with van der Waals surface area (Å²) in [5.41, 5.74) is 3.77. The Kier molecular flexibility index (Phi) is 8.22. The van der Waals surface area contributed by atoms with E-state index in [0.717, 1.165) is 67.8 Å². The number of anilines is 1. The molecule has 200 valence electrons. The zero-order chi connectivity index (χ0) is 26.7. The van der Waals surface area contributed by atoms with E-state index in [4.69, 9.17) is 23.2 Å². The Labute approximate surface area is 232 Å². The van der Waals surface area contributed by atoms with E-state index in [-0.39, 0.29) is 23.0 Å². The highest BCUT2D eigenvalue weighted by Crippen LogP contribution is 2.45. The molecule has 1 fully saturated rings. The molecular formula is C30H31Cl2F2N3O. The van der Waals surface area contributed by atoms with E-state index in [0.29, 0.717) is 23.0 Å². The van der Waals surface area contributed by atoms with Gasteiger partial charge in [0.25, 0.3) is 0 Å². The van der Waals surface area contributed by atoms with Gasteiger partial charge in [0.05, 0.1) is 16.0 Å². The average Bonchev–Trinajstić information content (AvgIpc) is 2.92. The minimum Gasteiger partial charge on any atom is -0.385 e. The summed E-state index contributed by atoms with van der Waals surface area (Å²) in [6, 6.07) is 16.5. The number of likely N-dealkylation sites (tertiary alicyclic amines) is 1. The number of carbonyl (C=O) groups is 1. The summed E-state index contributed by atoms with van der Waals surface area (Å²) in [7, 11) is 0. The van der Waals surface area contributed by atoms with Gasteiger partial charge in [-0.3, -0.25) is 4.79 Å². The van der Waals surface area contributed by atoms with Crippen LogP contribution >= 0.6 is 23.2 Å². The van der Waals surface area contributed by atoms with E-state index in [1.165, 1.54) is 18.2 Å². The lowest BCUT2D eigenvalue weighted by Gasteiger charge is -2.45. The summed E-state index contributed by atoms with van der Waals surface area (Å²) in [4.78, 5) is 15.7. The van der Waals surface area contributed by atoms with Crippen LogP contribution in [0.15, 0.2) is 60.7 Å². The lowest BCUT2D eigenvalue weighted by atomic mass is 9.68. The van der Waals surface area contributed by atoms with Gasteiger partial charge in [-0.15, -0.1) is 0 Å². The molecule has 0 bridgehead atoms. The Morgan fingerprint density at radius 1 is 0.947 bits per heavy atom. The Balaban J connectivity index is 1.25. The molecule has 5 rings (SSSR count). The molecule has 3 aromatic rings. The van der Waals surface area contributed by atoms with Crippen molar-refractivity contribution < 1.29 is 13.6 Å². The van der Waals surface area contributed by atoms with Crippen molar-refractivity contribution in [1.29, 1.82) is 0 Å². The van der Waals surface area contributed by atoms with Gasteiger partial charge in [0.1, 0.15) is 11.6 Å². The first-order valence-electron chi connectivity index (χ1n) is 13.1. The molecule has 2 heterocycles. The zero-order valence-electron chi connectivity index (χ0n) is 21.1. The van der Waals surface area contributed by atoms with Crippen molar-refractivity contribution in [2.45, 2.75) is 43.6 Å². The van der Waals surface area contributed by atoms with Crippen molar-refractivity contribution in [2.75, 3.05) is 31.5 Å². The number of hydrogen-bond acceptors (Lipinski definition) is 3. The fourth-order valence-corrected chi connectivity index (χ4v) is 6.12. The minimum absolute atomic E-state index is 0.00514. The van der Waals surface area contributed by atoms with Crippen LogP contribution in [-0.2, 0) is 16.8 Å². The van der Waals surface area contributed by atoms with Crippen LogP contribution in [0.25, 0.3) is 0 Å². The molecule has 3 aromatic carbocycles. The standard InChI is InChI=1S/C30H31Cl2F2N3O/c31-26-7-3-21(17-27(26)32)24(29(38)36-19-20-1-4-22(33)5-2-20)9-14-37-15-11-30(12-16-37)10-13-35-28-8-6-23(34)18-25(28)30/h1-8,17-18,24,35H,9-16,19H2,(H,36,38). The van der Waals surface area contributed by atoms with Gasteiger partial charge in [0, 0.05) is 24.2 Å². The largest absolute Gasteiger partial charge is 0.385 e. The minimum atomic E-state index is -0.408. The molecule has 2 N–H and O–H groups in total. The van der Waals surface area contributed by atoms with E-state index < -0.39 is 5.92 Å². The van der Waals surface area contributed by atoms with E-state index >= 15 is 0 Å². The fourth-order valence-electron chi connectivity index (χ4n) is 5.81. The molecule has 0 saturated carbocycles. The van der Waals surface area contributed by atoms with Crippen molar-refractivity contribution in [3.05, 3.63) is 99.0 Å². The van der Waals surface area contributed by atoms with Crippen LogP contribution in [0.5, 0.6) is 0 Å². The SMILES string of the molecule is O=C(NCc1ccc(F)cc1)C(CCN1CCC2(CCNc3ccc(F)cc32)CC1)c1ccc(Cl)c(Cl)c1. The highest BCUT2D eigenvalue weighted by Gasteiger charge is 2.39. The van der Waals surface area contributed by atoms with Crippen LogP contribution in [0.1, 0.15) is 48.3 Å². The van der Waals surface area contributed by atoms with Gasteiger partial charge in [-0.25, -0.2) is 8.78 Å². The van der Waals surface area contributed by atoms with Crippen molar-refractivity contribution in [1.82, 2.24) is 10.2 Å². The number of nitrogens with zero attached hydrogens (tertiary/aromatic N) is 1. The lowest BCUT2D eigenvalue weighted by Crippen LogP contribution is -2.46. The van der Waals surface area contributed by atoms with Gasteiger partial charge in [0.15, 0.2) is 0 Å². The summed E-state index contributed by atoms with van der Waals surface area (Å²) in [6.45, 7) is 3.74. The third-order valence-electron chi connectivity index (χ3n) is 8.06. The summed E-state index contributed by atoms with van der Waals surface area (Å²) in [5.74, 6) is -1.01. The van der Waals surface area contributed by atoms with Gasteiger partial charge in [0.2, 0.25) is 5.91 Å². The number of nitrogens with one attached hydrogen (secondary N) is 2. The summed E-state index contributed by atoms with van der Waals surface area (Å²) in [6.07, 6.45) is 3.53. The Bertz CT molecular complexity index is 1290. The average molecular weight is 559 g/mol. The number of rotatable bonds is 7. The van der Waals surface area contributed by atoms with Crippen molar-refractivity contribution in [3.63, 3.8) is 0 Å². The fraction of sp³-hybridized carbons (Fsp3) is 0.367. The molecule has 1 saturated heterocycles. The highest BCUT2D eigenvalue weighted by molar-refractivity contribution is 6.42. The topological polar surface area (TPSA) is 44.4 Å². The van der Waals surface area contributed by atoms with Gasteiger partial charge >= 0.3 is 0 Å². The molecule has 8 heteroatoms. The Morgan fingerprint density at radius 2 is 1.68 bits per heavy atom. The number of halogens is 4. The zero-order valence-corrected chi connectivity index (χ0v) is 22.6. The summed E-state index contributed by atoms with van der Waals surface area (Å²) in [5, 5.41) is 7.28. The van der Waals surface area contributed by atoms with E-state index in [1.807, 2.05) is 12.1 Å². The molecule has 2 aliphatic heterocycles. The second-order valence-corrected chi connectivity index (χ2v) is 11.2. The molecule has 38 heavy (non-hydrogen) atoms. The smallest absolute Gasteiger partial charge is 0.227 e. The molecule has 1 spiro atoms. The molecule has 2 aliphatic rings. The first kappa shape index (κ1) is 26.9. The maximum absolute atomic E-state index is 14.1. The first-order chi connectivity index (χ1) is 18.3. The molecule has 4 nitrogen and oxygen atoms in total. The van der Waals surface area contributed by atoms with Crippen LogP contribution in [0.2, 0.25) is 10.0 Å². The van der Waals surface area contributed by atoms with Crippen molar-refractivity contribution in [2.24, 2.45) is 0 Å². The molecule has 1 amide bonds. The molecule has 0 aliphatic carbocycles. The van der Waals surface area contributed by atoms with Gasteiger partial charge in [-0.05, 0) is 104 Å². The van der Waals surface area contributed by atoms with Crippen LogP contribution in [0, 0.1) is 11.6 Å². The van der Waals surface area contributed by atoms with Gasteiger partial charge in [-0.2, -0.15) is 0 Å². The summed E-state index contributed by atoms with van der Waals surface area (Å²) >= 11 is 12.4. The Morgan fingerprint density at radius 3 is 2.42 bits per heavy atom. The second-order valence-electron chi connectivity index (χ2n) is 10.3. The number of hydrogen-bond donors (Lipinski definition) is 2. The van der Waals surface area contributed by atoms with Gasteiger partial charge < -0.3 is 15.5 Å². The highest BCUT2D eigenvalue weighted by atomic mass is 35.5. The molecule has 0 aromatic heterocycles. The quantitative estimate of drug-likeness (QED) is 0.331. The summed E-state index contributed by atoms with van der Waals surface area (Å²) < 4.78 is 27.3. The van der Waals surface area contributed by atoms with Crippen LogP contribution in [-0.4, -0.2) is 37.0 Å². The van der Waals surface area contributed by atoms with Crippen LogP contribution in [0.3, 0.4) is 0 Å². The van der Waals surface area contributed by atoms with E-state index in [1.54, 1.807) is 30.3 Å². The van der Waals surface area contributed by atoms with E-state index in [2.05, 4.69) is 15.5 Å². The number of fused-ring (bicyclic) bond motifs is 2. The normalized spacial score (nSPS) is 17.5. The van der Waals surface area contributed by atoms with E-state index in [9.17, 15) is 13.6 Å². The maximum atomic E-state index is 14.1. The molecule has 1 unspecified atom stereocenters. The Hall–Kier alpha value is -2.67. The predicted molar refractivity (Wildman–Crippen MR) is 149 cm³/mol. The monoisotopic (exact) mass is 557 g/mol. The number of amides is 1. The number of benzene rings is 3. The molecule has 1 atom stereocenters. The number of piperidine rings is 1.